The summed E-state index contributed by atoms with van der Waals surface area (Å²) < 4.78 is 12.7. The van der Waals surface area contributed by atoms with E-state index in [1.807, 2.05) is 72.9 Å². The fourth-order valence-electron chi connectivity index (χ4n) is 4.66. The quantitative estimate of drug-likeness (QED) is 0.176. The molecule has 206 valence electrons. The minimum absolute atomic E-state index is 0.0976. The van der Waals surface area contributed by atoms with Crippen LogP contribution in [0.25, 0.3) is 16.9 Å². The zero-order chi connectivity index (χ0) is 28.9. The van der Waals surface area contributed by atoms with Crippen LogP contribution in [0.15, 0.2) is 85.1 Å². The number of Topliss-reactive ketones (excluding diaryl/α,β-unsaturated/α-hetero) is 1. The molecule has 3 aromatic carbocycles. The Hall–Kier alpha value is -5.11. The third-order valence-corrected chi connectivity index (χ3v) is 6.41. The third kappa shape index (κ3) is 6.73. The van der Waals surface area contributed by atoms with Gasteiger partial charge in [-0.25, -0.2) is 9.97 Å². The molecule has 0 radical (unpaired) electrons. The second kappa shape index (κ2) is 12.0. The number of ketones is 1. The second-order valence-corrected chi connectivity index (χ2v) is 9.88. The lowest BCUT2D eigenvalue weighted by Crippen LogP contribution is -2.07. The highest BCUT2D eigenvalue weighted by atomic mass is 16.5. The lowest BCUT2D eigenvalue weighted by Gasteiger charge is -2.10. The van der Waals surface area contributed by atoms with Crippen LogP contribution in [0.4, 0.5) is 0 Å². The summed E-state index contributed by atoms with van der Waals surface area (Å²) >= 11 is 0. The number of aromatic nitrogens is 3. The van der Waals surface area contributed by atoms with E-state index in [4.69, 9.17) is 19.4 Å². The SMILES string of the molecule is CC(=O)Cc1ccc(-c2cn3c(OC(C)=O)c(Cc4ccc(OC(C)=O)cc4)nc3c(Cc3ccccc3)n2)cc1. The molecule has 0 N–H and O–H groups in total. The molecule has 2 heterocycles. The highest BCUT2D eigenvalue weighted by Crippen LogP contribution is 2.30. The molecule has 2 aromatic heterocycles. The molecule has 41 heavy (non-hydrogen) atoms. The lowest BCUT2D eigenvalue weighted by molar-refractivity contribution is -0.133. The molecule has 8 nitrogen and oxygen atoms in total. The van der Waals surface area contributed by atoms with Crippen LogP contribution in [0.1, 0.15) is 48.8 Å². The smallest absolute Gasteiger partial charge is 0.309 e. The molecule has 0 aliphatic heterocycles. The molecular weight excluding hydrogens is 518 g/mol. The minimum atomic E-state index is -0.463. The predicted molar refractivity (Wildman–Crippen MR) is 154 cm³/mol. The van der Waals surface area contributed by atoms with Crippen molar-refractivity contribution < 1.29 is 23.9 Å². The fraction of sp³-hybridized carbons (Fsp3) is 0.182. The molecule has 0 fully saturated rings. The van der Waals surface area contributed by atoms with Crippen molar-refractivity contribution in [1.82, 2.24) is 14.4 Å². The number of benzene rings is 3. The van der Waals surface area contributed by atoms with Gasteiger partial charge in [0.05, 0.1) is 11.4 Å². The molecule has 0 bridgehead atoms. The first-order chi connectivity index (χ1) is 19.7. The van der Waals surface area contributed by atoms with Gasteiger partial charge in [-0.3, -0.25) is 18.8 Å². The summed E-state index contributed by atoms with van der Waals surface area (Å²) in [6.45, 7) is 4.28. The predicted octanol–water partition coefficient (Wildman–Crippen LogP) is 5.56. The van der Waals surface area contributed by atoms with Gasteiger partial charge >= 0.3 is 11.9 Å². The summed E-state index contributed by atoms with van der Waals surface area (Å²) in [5.74, 6) is 0.0146. The Labute approximate surface area is 237 Å². The maximum Gasteiger partial charge on any atom is 0.309 e. The number of carbonyl (C=O) groups excluding carboxylic acids is 3. The zero-order valence-corrected chi connectivity index (χ0v) is 23.1. The van der Waals surface area contributed by atoms with Crippen molar-refractivity contribution in [3.8, 4) is 22.9 Å². The van der Waals surface area contributed by atoms with Gasteiger partial charge in [-0.1, -0.05) is 66.7 Å². The van der Waals surface area contributed by atoms with E-state index in [2.05, 4.69) is 0 Å². The number of hydrogen-bond donors (Lipinski definition) is 0. The summed E-state index contributed by atoms with van der Waals surface area (Å²) in [5, 5.41) is 0. The Balaban J connectivity index is 1.61. The first kappa shape index (κ1) is 27.5. The molecule has 5 aromatic rings. The summed E-state index contributed by atoms with van der Waals surface area (Å²) in [6.07, 6.45) is 3.09. The molecule has 0 unspecified atom stereocenters. The first-order valence-corrected chi connectivity index (χ1v) is 13.2. The molecule has 0 saturated heterocycles. The van der Waals surface area contributed by atoms with Crippen LogP contribution >= 0.6 is 0 Å². The number of rotatable bonds is 9. The Bertz CT molecular complexity index is 1720. The summed E-state index contributed by atoms with van der Waals surface area (Å²) in [6, 6.07) is 24.8. The lowest BCUT2D eigenvalue weighted by atomic mass is 10.1. The average molecular weight is 548 g/mol. The molecule has 0 aliphatic rings. The number of ether oxygens (including phenoxy) is 2. The number of nitrogens with zero attached hydrogens (tertiary/aromatic N) is 3. The van der Waals surface area contributed by atoms with Gasteiger partial charge < -0.3 is 9.47 Å². The topological polar surface area (TPSA) is 99.9 Å². The Morgan fingerprint density at radius 3 is 1.93 bits per heavy atom. The van der Waals surface area contributed by atoms with E-state index >= 15 is 0 Å². The number of fused-ring (bicyclic) bond motifs is 1. The van der Waals surface area contributed by atoms with E-state index in [0.29, 0.717) is 47.9 Å². The second-order valence-electron chi connectivity index (χ2n) is 9.88. The van der Waals surface area contributed by atoms with Gasteiger partial charge in [0.25, 0.3) is 0 Å². The molecule has 0 aliphatic carbocycles. The van der Waals surface area contributed by atoms with Gasteiger partial charge in [0, 0.05) is 44.9 Å². The number of esters is 2. The summed E-state index contributed by atoms with van der Waals surface area (Å²) in [4.78, 5) is 45.0. The Kier molecular flexibility index (Phi) is 8.01. The van der Waals surface area contributed by atoms with Gasteiger partial charge in [-0.05, 0) is 35.7 Å². The van der Waals surface area contributed by atoms with E-state index in [0.717, 1.165) is 27.9 Å². The monoisotopic (exact) mass is 547 g/mol. The van der Waals surface area contributed by atoms with E-state index in [9.17, 15) is 14.4 Å². The molecule has 0 amide bonds. The van der Waals surface area contributed by atoms with Crippen LogP contribution in [0.5, 0.6) is 11.6 Å². The number of hydrogen-bond acceptors (Lipinski definition) is 7. The van der Waals surface area contributed by atoms with E-state index in [1.54, 1.807) is 23.5 Å². The van der Waals surface area contributed by atoms with Crippen molar-refractivity contribution in [1.29, 1.82) is 0 Å². The minimum Gasteiger partial charge on any atom is -0.427 e. The van der Waals surface area contributed by atoms with Crippen molar-refractivity contribution in [3.63, 3.8) is 0 Å². The highest BCUT2D eigenvalue weighted by molar-refractivity contribution is 5.78. The van der Waals surface area contributed by atoms with Crippen molar-refractivity contribution in [2.75, 3.05) is 0 Å². The van der Waals surface area contributed by atoms with E-state index in [-0.39, 0.29) is 5.78 Å². The molecule has 0 saturated carbocycles. The molecule has 0 atom stereocenters. The normalized spacial score (nSPS) is 10.9. The first-order valence-electron chi connectivity index (χ1n) is 13.2. The molecular formula is C33H29N3O5. The standard InChI is InChI=1S/C33H29N3O5/c1-21(37)17-25-9-13-27(14-10-25)31-20-36-32(29(34-31)18-24-7-5-4-6-8-24)35-30(33(36)41-23(3)39)19-26-11-15-28(16-12-26)40-22(2)38/h4-16,20H,17-19H2,1-3H3. The molecule has 5 rings (SSSR count). The van der Waals surface area contributed by atoms with Crippen molar-refractivity contribution in [2.45, 2.75) is 40.0 Å². The maximum atomic E-state index is 12.2. The molecule has 0 spiro atoms. The number of carbonyl (C=O) groups is 3. The van der Waals surface area contributed by atoms with Crippen molar-refractivity contribution in [3.05, 3.63) is 113 Å². The van der Waals surface area contributed by atoms with Crippen molar-refractivity contribution in [2.24, 2.45) is 0 Å². The van der Waals surface area contributed by atoms with Crippen LogP contribution < -0.4 is 9.47 Å². The van der Waals surface area contributed by atoms with Gasteiger partial charge in [0.2, 0.25) is 5.88 Å². The average Bonchev–Trinajstić information content (AvgIpc) is 3.26. The van der Waals surface area contributed by atoms with Crippen LogP contribution in [-0.2, 0) is 33.6 Å². The summed E-state index contributed by atoms with van der Waals surface area (Å²) in [7, 11) is 0. The van der Waals surface area contributed by atoms with Crippen LogP contribution in [0.2, 0.25) is 0 Å². The van der Waals surface area contributed by atoms with E-state index < -0.39 is 11.9 Å². The van der Waals surface area contributed by atoms with Gasteiger partial charge in [-0.2, -0.15) is 0 Å². The number of imidazole rings is 1. The van der Waals surface area contributed by atoms with E-state index in [1.165, 1.54) is 13.8 Å². The Morgan fingerprint density at radius 1 is 0.683 bits per heavy atom. The zero-order valence-electron chi connectivity index (χ0n) is 23.1. The van der Waals surface area contributed by atoms with Gasteiger partial charge in [-0.15, -0.1) is 0 Å². The Morgan fingerprint density at radius 2 is 1.29 bits per heavy atom. The van der Waals surface area contributed by atoms with Crippen LogP contribution in [0, 0.1) is 0 Å². The molecule has 8 heteroatoms. The highest BCUT2D eigenvalue weighted by Gasteiger charge is 2.21. The van der Waals surface area contributed by atoms with Gasteiger partial charge in [0.15, 0.2) is 5.65 Å². The van der Waals surface area contributed by atoms with Crippen molar-refractivity contribution >= 4 is 23.4 Å². The third-order valence-electron chi connectivity index (χ3n) is 6.41. The maximum absolute atomic E-state index is 12.2. The van der Waals surface area contributed by atoms with Crippen LogP contribution in [0.3, 0.4) is 0 Å². The summed E-state index contributed by atoms with van der Waals surface area (Å²) in [5.41, 5.74) is 6.33. The fourth-order valence-corrected chi connectivity index (χ4v) is 4.66. The van der Waals surface area contributed by atoms with Gasteiger partial charge in [0.1, 0.15) is 17.2 Å². The largest absolute Gasteiger partial charge is 0.427 e. The van der Waals surface area contributed by atoms with Crippen LogP contribution in [-0.4, -0.2) is 32.1 Å².